The van der Waals surface area contributed by atoms with Gasteiger partial charge in [0.2, 0.25) is 18.3 Å². The standard InChI is InChI=1S/C21H23ClN2O5/c1-25-18-8-14(19(26-2)21-20(18)27-12-28-21)7-17-9-16(24-29-17)11-23-10-13-3-5-15(22)6-4-13/h3-6,8,17,23H,7,9-12H2,1-2H3/t17-/m1/s1. The molecular weight excluding hydrogens is 396 g/mol. The molecule has 0 saturated heterocycles. The number of rotatable bonds is 8. The van der Waals surface area contributed by atoms with Crippen molar-refractivity contribution in [3.63, 3.8) is 0 Å². The maximum Gasteiger partial charge on any atom is 0.231 e. The Morgan fingerprint density at radius 1 is 1.10 bits per heavy atom. The molecule has 0 bridgehead atoms. The number of nitrogens with one attached hydrogen (secondary N) is 1. The van der Waals surface area contributed by atoms with Gasteiger partial charge in [0.25, 0.3) is 0 Å². The Morgan fingerprint density at radius 2 is 1.90 bits per heavy atom. The third kappa shape index (κ3) is 4.36. The molecule has 4 rings (SSSR count). The Bertz CT molecular complexity index is 901. The van der Waals surface area contributed by atoms with E-state index in [0.717, 1.165) is 29.3 Å². The number of nitrogens with zero attached hydrogens (tertiary/aromatic N) is 1. The van der Waals surface area contributed by atoms with Crippen molar-refractivity contribution < 1.29 is 23.8 Å². The number of ether oxygens (including phenoxy) is 4. The summed E-state index contributed by atoms with van der Waals surface area (Å²) < 4.78 is 22.1. The van der Waals surface area contributed by atoms with Crippen molar-refractivity contribution >= 4 is 17.3 Å². The van der Waals surface area contributed by atoms with Crippen LogP contribution in [-0.2, 0) is 17.8 Å². The second-order valence-electron chi connectivity index (χ2n) is 6.86. The molecule has 0 saturated carbocycles. The smallest absolute Gasteiger partial charge is 0.231 e. The van der Waals surface area contributed by atoms with Gasteiger partial charge < -0.3 is 29.1 Å². The molecule has 2 aromatic rings. The van der Waals surface area contributed by atoms with Crippen LogP contribution in [0.3, 0.4) is 0 Å². The molecule has 1 atom stereocenters. The van der Waals surface area contributed by atoms with E-state index >= 15 is 0 Å². The first-order valence-electron chi connectivity index (χ1n) is 9.38. The lowest BCUT2D eigenvalue weighted by Crippen LogP contribution is -2.23. The van der Waals surface area contributed by atoms with Gasteiger partial charge in [0.15, 0.2) is 11.5 Å². The molecule has 8 heteroatoms. The topological polar surface area (TPSA) is 70.5 Å². The van der Waals surface area contributed by atoms with Crippen LogP contribution in [0, 0.1) is 0 Å². The second kappa shape index (κ2) is 8.80. The van der Waals surface area contributed by atoms with Gasteiger partial charge in [-0.15, -0.1) is 0 Å². The Kier molecular flexibility index (Phi) is 5.97. The molecule has 2 heterocycles. The van der Waals surface area contributed by atoms with E-state index in [1.807, 2.05) is 30.3 Å². The Labute approximate surface area is 174 Å². The molecule has 0 aliphatic carbocycles. The highest BCUT2D eigenvalue weighted by molar-refractivity contribution is 6.30. The number of fused-ring (bicyclic) bond motifs is 1. The van der Waals surface area contributed by atoms with Gasteiger partial charge in [-0.2, -0.15) is 0 Å². The number of benzene rings is 2. The van der Waals surface area contributed by atoms with E-state index in [1.54, 1.807) is 14.2 Å². The number of oxime groups is 1. The molecule has 29 heavy (non-hydrogen) atoms. The molecular formula is C21H23ClN2O5. The van der Waals surface area contributed by atoms with Crippen LogP contribution in [-0.4, -0.2) is 39.4 Å². The second-order valence-corrected chi connectivity index (χ2v) is 7.30. The zero-order valence-corrected chi connectivity index (χ0v) is 17.1. The lowest BCUT2D eigenvalue weighted by atomic mass is 10.0. The molecule has 0 amide bonds. The van der Waals surface area contributed by atoms with Gasteiger partial charge in [-0.25, -0.2) is 0 Å². The molecule has 2 aliphatic heterocycles. The van der Waals surface area contributed by atoms with E-state index in [2.05, 4.69) is 10.5 Å². The first kappa shape index (κ1) is 19.7. The monoisotopic (exact) mass is 418 g/mol. The van der Waals surface area contributed by atoms with E-state index < -0.39 is 0 Å². The summed E-state index contributed by atoms with van der Waals surface area (Å²) in [6.07, 6.45) is 1.30. The minimum atomic E-state index is -0.0682. The third-order valence-electron chi connectivity index (χ3n) is 4.88. The van der Waals surface area contributed by atoms with Gasteiger partial charge in [-0.3, -0.25) is 0 Å². The van der Waals surface area contributed by atoms with E-state index in [4.69, 9.17) is 35.4 Å². The predicted octanol–water partition coefficient (Wildman–Crippen LogP) is 3.56. The maximum atomic E-state index is 5.92. The van der Waals surface area contributed by atoms with Crippen LogP contribution in [0.5, 0.6) is 23.0 Å². The molecule has 0 spiro atoms. The fraction of sp³-hybridized carbons (Fsp3) is 0.381. The Morgan fingerprint density at radius 3 is 2.66 bits per heavy atom. The summed E-state index contributed by atoms with van der Waals surface area (Å²) >= 11 is 5.92. The van der Waals surface area contributed by atoms with E-state index in [-0.39, 0.29) is 12.9 Å². The zero-order chi connectivity index (χ0) is 20.2. The Balaban J connectivity index is 1.34. The van der Waals surface area contributed by atoms with Gasteiger partial charge in [-0.1, -0.05) is 28.9 Å². The zero-order valence-electron chi connectivity index (χ0n) is 16.4. The highest BCUT2D eigenvalue weighted by atomic mass is 35.5. The highest BCUT2D eigenvalue weighted by Crippen LogP contribution is 2.49. The summed E-state index contributed by atoms with van der Waals surface area (Å²) in [5, 5.41) is 8.36. The van der Waals surface area contributed by atoms with Crippen molar-refractivity contribution in [2.45, 2.75) is 25.5 Å². The predicted molar refractivity (Wildman–Crippen MR) is 109 cm³/mol. The largest absolute Gasteiger partial charge is 0.493 e. The minimum absolute atomic E-state index is 0.0682. The quantitative estimate of drug-likeness (QED) is 0.706. The van der Waals surface area contributed by atoms with Gasteiger partial charge in [0.1, 0.15) is 6.10 Å². The van der Waals surface area contributed by atoms with Crippen LogP contribution < -0.4 is 24.3 Å². The molecule has 0 fully saturated rings. The maximum absolute atomic E-state index is 5.92. The number of halogens is 1. The first-order valence-corrected chi connectivity index (χ1v) is 9.76. The molecule has 2 aromatic carbocycles. The molecule has 7 nitrogen and oxygen atoms in total. The van der Waals surface area contributed by atoms with Gasteiger partial charge in [-0.05, 0) is 23.8 Å². The molecule has 1 N–H and O–H groups in total. The Hall–Kier alpha value is -2.64. The average molecular weight is 419 g/mol. The summed E-state index contributed by atoms with van der Waals surface area (Å²) in [4.78, 5) is 5.64. The van der Waals surface area contributed by atoms with Crippen LogP contribution in [0.25, 0.3) is 0 Å². The third-order valence-corrected chi connectivity index (χ3v) is 5.13. The summed E-state index contributed by atoms with van der Waals surface area (Å²) in [7, 11) is 3.22. The minimum Gasteiger partial charge on any atom is -0.493 e. The fourth-order valence-corrected chi connectivity index (χ4v) is 3.62. The van der Waals surface area contributed by atoms with Crippen molar-refractivity contribution in [1.29, 1.82) is 0 Å². The van der Waals surface area contributed by atoms with E-state index in [0.29, 0.717) is 36.0 Å². The summed E-state index contributed by atoms with van der Waals surface area (Å²) in [5.74, 6) is 2.42. The molecule has 0 aromatic heterocycles. The molecule has 2 aliphatic rings. The summed E-state index contributed by atoms with van der Waals surface area (Å²) in [6.45, 7) is 1.56. The van der Waals surface area contributed by atoms with Gasteiger partial charge in [0, 0.05) is 36.5 Å². The number of methoxy groups -OCH3 is 2. The lowest BCUT2D eigenvalue weighted by molar-refractivity contribution is 0.0853. The van der Waals surface area contributed by atoms with Crippen molar-refractivity contribution in [2.24, 2.45) is 5.16 Å². The normalized spacial score (nSPS) is 17.1. The summed E-state index contributed by atoms with van der Waals surface area (Å²) in [5.41, 5.74) is 3.09. The van der Waals surface area contributed by atoms with Crippen LogP contribution in [0.2, 0.25) is 5.02 Å². The van der Waals surface area contributed by atoms with E-state index in [9.17, 15) is 0 Å². The average Bonchev–Trinajstić information content (AvgIpc) is 3.39. The van der Waals surface area contributed by atoms with Gasteiger partial charge >= 0.3 is 0 Å². The molecule has 154 valence electrons. The highest BCUT2D eigenvalue weighted by Gasteiger charge is 2.30. The summed E-state index contributed by atoms with van der Waals surface area (Å²) in [6, 6.07) is 9.69. The van der Waals surface area contributed by atoms with Crippen molar-refractivity contribution in [3.05, 3.63) is 46.5 Å². The lowest BCUT2D eigenvalue weighted by Gasteiger charge is -2.15. The molecule has 0 unspecified atom stereocenters. The van der Waals surface area contributed by atoms with Crippen molar-refractivity contribution in [1.82, 2.24) is 5.32 Å². The van der Waals surface area contributed by atoms with Crippen LogP contribution in [0.1, 0.15) is 17.5 Å². The van der Waals surface area contributed by atoms with Crippen molar-refractivity contribution in [2.75, 3.05) is 27.6 Å². The van der Waals surface area contributed by atoms with Crippen LogP contribution >= 0.6 is 11.6 Å². The van der Waals surface area contributed by atoms with Crippen molar-refractivity contribution in [3.8, 4) is 23.0 Å². The van der Waals surface area contributed by atoms with Crippen LogP contribution in [0.4, 0.5) is 0 Å². The SMILES string of the molecule is COc1cc(C[C@@H]2CC(CNCc3ccc(Cl)cc3)=NO2)c(OC)c2c1OCO2. The number of hydrogen-bond acceptors (Lipinski definition) is 7. The van der Waals surface area contributed by atoms with Gasteiger partial charge in [0.05, 0.1) is 19.9 Å². The molecule has 0 radical (unpaired) electrons. The fourth-order valence-electron chi connectivity index (χ4n) is 3.49. The first-order chi connectivity index (χ1) is 14.2. The van der Waals surface area contributed by atoms with Crippen LogP contribution in [0.15, 0.2) is 35.5 Å². The number of hydrogen-bond donors (Lipinski definition) is 1. The van der Waals surface area contributed by atoms with E-state index in [1.165, 1.54) is 5.56 Å².